The number of fused-ring (bicyclic) bond motifs is 1. The Hall–Kier alpha value is -4.46. The number of carbonyl (C=O) groups excluding carboxylic acids is 3. The molecular weight excluding hydrogens is 442 g/mol. The third kappa shape index (κ3) is 4.77. The fourth-order valence-electron chi connectivity index (χ4n) is 4.45. The monoisotopic (exact) mass is 467 g/mol. The van der Waals surface area contributed by atoms with Gasteiger partial charge in [-0.15, -0.1) is 0 Å². The number of carbonyl (C=O) groups is 3. The Morgan fingerprint density at radius 1 is 1.03 bits per heavy atom. The summed E-state index contributed by atoms with van der Waals surface area (Å²) in [6.07, 6.45) is 4.51. The SMILES string of the molecule is C=CC(=O)NC1CC(Nc2cc3c(c(-c4ccc(C(=O)Nc5ccccn5)cc4)c2)CNC3=O)C1. The highest BCUT2D eigenvalue weighted by atomic mass is 16.2. The first-order chi connectivity index (χ1) is 17.0. The van der Waals surface area contributed by atoms with E-state index in [4.69, 9.17) is 0 Å². The first kappa shape index (κ1) is 22.3. The maximum Gasteiger partial charge on any atom is 0.256 e. The van der Waals surface area contributed by atoms with Gasteiger partial charge in [-0.3, -0.25) is 14.4 Å². The van der Waals surface area contributed by atoms with Crippen molar-refractivity contribution in [3.63, 3.8) is 0 Å². The van der Waals surface area contributed by atoms with Crippen LogP contribution in [0.2, 0.25) is 0 Å². The second kappa shape index (κ2) is 9.42. The smallest absolute Gasteiger partial charge is 0.256 e. The summed E-state index contributed by atoms with van der Waals surface area (Å²) in [5.74, 6) is -0.0102. The van der Waals surface area contributed by atoms with E-state index in [9.17, 15) is 14.4 Å². The van der Waals surface area contributed by atoms with Crippen LogP contribution in [0.4, 0.5) is 11.5 Å². The molecule has 2 aliphatic rings. The Morgan fingerprint density at radius 3 is 2.51 bits per heavy atom. The van der Waals surface area contributed by atoms with Gasteiger partial charge in [-0.05, 0) is 72.0 Å². The summed E-state index contributed by atoms with van der Waals surface area (Å²) in [6.45, 7) is 3.94. The molecule has 0 unspecified atom stereocenters. The molecule has 3 aromatic rings. The zero-order chi connectivity index (χ0) is 24.4. The van der Waals surface area contributed by atoms with Crippen molar-refractivity contribution >= 4 is 29.2 Å². The molecule has 4 N–H and O–H groups in total. The van der Waals surface area contributed by atoms with E-state index in [-0.39, 0.29) is 29.8 Å². The van der Waals surface area contributed by atoms with Crippen molar-refractivity contribution < 1.29 is 14.4 Å². The van der Waals surface area contributed by atoms with Crippen LogP contribution in [0.25, 0.3) is 11.1 Å². The topological polar surface area (TPSA) is 112 Å². The largest absolute Gasteiger partial charge is 0.382 e. The first-order valence-electron chi connectivity index (χ1n) is 11.5. The van der Waals surface area contributed by atoms with Crippen LogP contribution in [-0.2, 0) is 11.3 Å². The van der Waals surface area contributed by atoms with Gasteiger partial charge < -0.3 is 21.3 Å². The molecule has 2 heterocycles. The van der Waals surface area contributed by atoms with Crippen LogP contribution in [0.5, 0.6) is 0 Å². The number of nitrogens with zero attached hydrogens (tertiary/aromatic N) is 1. The molecule has 0 radical (unpaired) electrons. The Bertz CT molecular complexity index is 1300. The number of hydrogen-bond acceptors (Lipinski definition) is 5. The molecule has 0 saturated heterocycles. The van der Waals surface area contributed by atoms with E-state index in [0.717, 1.165) is 35.2 Å². The predicted molar refractivity (Wildman–Crippen MR) is 134 cm³/mol. The fourth-order valence-corrected chi connectivity index (χ4v) is 4.45. The zero-order valence-electron chi connectivity index (χ0n) is 19.0. The molecule has 1 saturated carbocycles. The molecule has 176 valence electrons. The molecule has 1 aliphatic carbocycles. The van der Waals surface area contributed by atoms with Gasteiger partial charge in [0.05, 0.1) is 0 Å². The number of nitrogens with one attached hydrogen (secondary N) is 4. The van der Waals surface area contributed by atoms with E-state index in [1.54, 1.807) is 30.5 Å². The van der Waals surface area contributed by atoms with Gasteiger partial charge in [0.1, 0.15) is 5.82 Å². The normalized spacial score (nSPS) is 18.0. The Kier molecular flexibility index (Phi) is 6.01. The minimum Gasteiger partial charge on any atom is -0.382 e. The van der Waals surface area contributed by atoms with Gasteiger partial charge in [0.15, 0.2) is 0 Å². The number of hydrogen-bond donors (Lipinski definition) is 4. The second-order valence-corrected chi connectivity index (χ2v) is 8.70. The number of anilines is 2. The molecule has 5 rings (SSSR count). The van der Waals surface area contributed by atoms with Crippen molar-refractivity contribution in [2.75, 3.05) is 10.6 Å². The molecule has 1 aromatic heterocycles. The van der Waals surface area contributed by atoms with Crippen LogP contribution in [0.1, 0.15) is 39.1 Å². The molecule has 2 aromatic carbocycles. The average molecular weight is 468 g/mol. The van der Waals surface area contributed by atoms with E-state index in [2.05, 4.69) is 32.8 Å². The van der Waals surface area contributed by atoms with Crippen molar-refractivity contribution in [2.45, 2.75) is 31.5 Å². The number of benzene rings is 2. The summed E-state index contributed by atoms with van der Waals surface area (Å²) >= 11 is 0. The summed E-state index contributed by atoms with van der Waals surface area (Å²) in [4.78, 5) is 40.6. The van der Waals surface area contributed by atoms with Crippen LogP contribution in [-0.4, -0.2) is 34.8 Å². The average Bonchev–Trinajstić information content (AvgIpc) is 3.23. The van der Waals surface area contributed by atoms with Crippen LogP contribution in [0, 0.1) is 0 Å². The highest BCUT2D eigenvalue weighted by Gasteiger charge is 2.31. The molecule has 0 bridgehead atoms. The lowest BCUT2D eigenvalue weighted by Gasteiger charge is -2.36. The quantitative estimate of drug-likeness (QED) is 0.398. The molecule has 8 nitrogen and oxygen atoms in total. The minimum absolute atomic E-state index is 0.0963. The third-order valence-electron chi connectivity index (χ3n) is 6.33. The number of aromatic nitrogens is 1. The third-order valence-corrected chi connectivity index (χ3v) is 6.33. The lowest BCUT2D eigenvalue weighted by atomic mass is 9.86. The molecule has 0 spiro atoms. The van der Waals surface area contributed by atoms with Crippen molar-refractivity contribution in [3.8, 4) is 11.1 Å². The lowest BCUT2D eigenvalue weighted by molar-refractivity contribution is -0.117. The molecule has 3 amide bonds. The van der Waals surface area contributed by atoms with E-state index in [1.165, 1.54) is 6.08 Å². The standard InChI is InChI=1S/C27H25N5O3/c1-2-25(33)31-19-11-18(12-19)30-20-13-21(23-15-29-27(35)22(23)14-20)16-6-8-17(9-7-16)26(34)32-24-5-3-4-10-28-24/h2-10,13-14,18-19,30H,1,11-12,15H2,(H,29,35)(H,31,33)(H,28,32,34). The van der Waals surface area contributed by atoms with Gasteiger partial charge in [-0.1, -0.05) is 24.8 Å². The number of rotatable bonds is 7. The summed E-state index contributed by atoms with van der Waals surface area (Å²) < 4.78 is 0. The Labute approximate surface area is 202 Å². The summed E-state index contributed by atoms with van der Waals surface area (Å²) in [7, 11) is 0. The molecule has 35 heavy (non-hydrogen) atoms. The van der Waals surface area contributed by atoms with Crippen LogP contribution in [0.15, 0.2) is 73.4 Å². The van der Waals surface area contributed by atoms with Gasteiger partial charge in [0.25, 0.3) is 11.8 Å². The van der Waals surface area contributed by atoms with Crippen molar-refractivity contribution in [1.29, 1.82) is 0 Å². The fraction of sp³-hybridized carbons (Fsp3) is 0.185. The molecule has 0 atom stereocenters. The summed E-state index contributed by atoms with van der Waals surface area (Å²) in [5, 5.41) is 12.1. The molecule has 1 fully saturated rings. The van der Waals surface area contributed by atoms with Gasteiger partial charge in [-0.2, -0.15) is 0 Å². The van der Waals surface area contributed by atoms with Crippen molar-refractivity contribution in [3.05, 3.63) is 90.1 Å². The molecular formula is C27H25N5O3. The maximum atomic E-state index is 12.6. The van der Waals surface area contributed by atoms with Gasteiger partial charge in [0.2, 0.25) is 5.91 Å². The van der Waals surface area contributed by atoms with E-state index in [1.807, 2.05) is 30.3 Å². The Balaban J connectivity index is 1.34. The minimum atomic E-state index is -0.240. The van der Waals surface area contributed by atoms with Gasteiger partial charge in [0, 0.05) is 41.6 Å². The molecule has 1 aliphatic heterocycles. The van der Waals surface area contributed by atoms with E-state index in [0.29, 0.717) is 23.5 Å². The van der Waals surface area contributed by atoms with E-state index >= 15 is 0 Å². The van der Waals surface area contributed by atoms with E-state index < -0.39 is 0 Å². The zero-order valence-corrected chi connectivity index (χ0v) is 19.0. The Morgan fingerprint density at radius 2 is 1.80 bits per heavy atom. The van der Waals surface area contributed by atoms with Gasteiger partial charge in [-0.25, -0.2) is 4.98 Å². The highest BCUT2D eigenvalue weighted by Crippen LogP contribution is 2.34. The van der Waals surface area contributed by atoms with Crippen molar-refractivity contribution in [2.24, 2.45) is 0 Å². The number of pyridine rings is 1. The van der Waals surface area contributed by atoms with Gasteiger partial charge >= 0.3 is 0 Å². The van der Waals surface area contributed by atoms with Crippen LogP contribution in [0.3, 0.4) is 0 Å². The highest BCUT2D eigenvalue weighted by molar-refractivity contribution is 6.04. The first-order valence-corrected chi connectivity index (χ1v) is 11.5. The van der Waals surface area contributed by atoms with Crippen LogP contribution >= 0.6 is 0 Å². The van der Waals surface area contributed by atoms with Crippen LogP contribution < -0.4 is 21.3 Å². The van der Waals surface area contributed by atoms with Crippen molar-refractivity contribution in [1.82, 2.24) is 15.6 Å². The predicted octanol–water partition coefficient (Wildman–Crippen LogP) is 3.49. The number of amides is 3. The lowest BCUT2D eigenvalue weighted by Crippen LogP contribution is -2.49. The maximum absolute atomic E-state index is 12.6. The molecule has 8 heteroatoms. The summed E-state index contributed by atoms with van der Waals surface area (Å²) in [6, 6.07) is 16.9. The summed E-state index contributed by atoms with van der Waals surface area (Å²) in [5.41, 5.74) is 4.82. The second-order valence-electron chi connectivity index (χ2n) is 8.70.